The van der Waals surface area contributed by atoms with E-state index in [9.17, 15) is 30.0 Å². The van der Waals surface area contributed by atoms with Crippen molar-refractivity contribution in [3.63, 3.8) is 0 Å². The maximum absolute atomic E-state index is 12.2. The largest absolute Gasteiger partial charge is 0.466 e. The molecule has 0 aromatic heterocycles. The third-order valence-corrected chi connectivity index (χ3v) is 13.3. The number of ether oxygens (including phenoxy) is 3. The molecule has 0 bridgehead atoms. The highest BCUT2D eigenvalue weighted by Gasteiger charge is 2.63. The maximum Gasteiger partial charge on any atom is 0.302 e. The molecule has 16 atom stereocenters. The number of aliphatic hydroxyl groups excluding tert-OH is 4. The molecule has 0 aromatic rings. The molecule has 1 saturated heterocycles. The number of carbonyl (C=O) groups is 2. The van der Waals surface area contributed by atoms with Gasteiger partial charge in [0, 0.05) is 13.8 Å². The van der Waals surface area contributed by atoms with Crippen LogP contribution in [0.5, 0.6) is 0 Å². The molecule has 47 heavy (non-hydrogen) atoms. The first-order valence-electron chi connectivity index (χ1n) is 18.2. The van der Waals surface area contributed by atoms with Crippen LogP contribution in [-0.2, 0) is 23.8 Å². The van der Waals surface area contributed by atoms with Gasteiger partial charge in [0.15, 0.2) is 6.29 Å². The van der Waals surface area contributed by atoms with Gasteiger partial charge >= 0.3 is 5.97 Å². The van der Waals surface area contributed by atoms with E-state index in [1.807, 2.05) is 0 Å². The molecule has 0 spiro atoms. The smallest absolute Gasteiger partial charge is 0.302 e. The van der Waals surface area contributed by atoms with Crippen LogP contribution in [0.2, 0.25) is 0 Å². The predicted molar refractivity (Wildman–Crippen MR) is 176 cm³/mol. The lowest BCUT2D eigenvalue weighted by molar-refractivity contribution is -0.288. The highest BCUT2D eigenvalue weighted by molar-refractivity contribution is 5.73. The van der Waals surface area contributed by atoms with Gasteiger partial charge in [0.1, 0.15) is 24.4 Å². The number of nitrogens with one attached hydrogen (secondary N) is 1. The normalized spacial score (nSPS) is 45.7. The second-order valence-electron chi connectivity index (χ2n) is 16.4. The van der Waals surface area contributed by atoms with Crippen LogP contribution in [0.1, 0.15) is 99.3 Å². The zero-order chi connectivity index (χ0) is 34.3. The van der Waals surface area contributed by atoms with Crippen LogP contribution in [0.25, 0.3) is 0 Å². The number of amides is 1. The molecule has 1 amide bonds. The van der Waals surface area contributed by atoms with Gasteiger partial charge in [0.25, 0.3) is 0 Å². The van der Waals surface area contributed by atoms with Gasteiger partial charge in [0.05, 0.1) is 25.4 Å². The Balaban J connectivity index is 1.42. The number of aliphatic hydroxyl groups is 4. The Morgan fingerprint density at radius 3 is 2.40 bits per heavy atom. The van der Waals surface area contributed by atoms with Crippen molar-refractivity contribution in [3.05, 3.63) is 12.2 Å². The van der Waals surface area contributed by atoms with Crippen LogP contribution in [0.4, 0.5) is 0 Å². The molecular weight excluding hydrogens is 602 g/mol. The lowest BCUT2D eigenvalue weighted by Crippen LogP contribution is -2.65. The van der Waals surface area contributed by atoms with Crippen LogP contribution in [0.3, 0.4) is 0 Å². The first-order chi connectivity index (χ1) is 22.2. The summed E-state index contributed by atoms with van der Waals surface area (Å²) in [5.41, 5.74) is 0.0949. The third kappa shape index (κ3) is 7.34. The van der Waals surface area contributed by atoms with E-state index in [1.54, 1.807) is 0 Å². The van der Waals surface area contributed by atoms with Crippen molar-refractivity contribution < 1.29 is 44.2 Å². The Morgan fingerprint density at radius 1 is 1.00 bits per heavy atom. The summed E-state index contributed by atoms with van der Waals surface area (Å²) >= 11 is 0. The van der Waals surface area contributed by atoms with Crippen molar-refractivity contribution in [2.24, 2.45) is 52.3 Å². The molecule has 10 heteroatoms. The minimum Gasteiger partial charge on any atom is -0.466 e. The lowest BCUT2D eigenvalue weighted by atomic mass is 9.46. The van der Waals surface area contributed by atoms with Crippen LogP contribution in [-0.4, -0.2) is 88.4 Å². The number of esters is 1. The summed E-state index contributed by atoms with van der Waals surface area (Å²) in [6.45, 7) is 12.1. The fraction of sp³-hybridized carbons (Fsp3) is 0.892. The van der Waals surface area contributed by atoms with E-state index in [2.05, 4.69) is 45.2 Å². The van der Waals surface area contributed by atoms with Crippen molar-refractivity contribution in [3.8, 4) is 0 Å². The maximum atomic E-state index is 12.2. The van der Waals surface area contributed by atoms with Crippen molar-refractivity contribution in [1.82, 2.24) is 5.32 Å². The highest BCUT2D eigenvalue weighted by Crippen LogP contribution is 2.67. The van der Waals surface area contributed by atoms with Gasteiger partial charge in [-0.05, 0) is 97.2 Å². The zero-order valence-corrected chi connectivity index (χ0v) is 29.3. The molecule has 4 fully saturated rings. The molecule has 268 valence electrons. The first kappa shape index (κ1) is 36.7. The Morgan fingerprint density at radius 2 is 1.72 bits per heavy atom. The minimum atomic E-state index is -1.36. The van der Waals surface area contributed by atoms with E-state index in [0.717, 1.165) is 57.8 Å². The van der Waals surface area contributed by atoms with Gasteiger partial charge in [-0.25, -0.2) is 0 Å². The summed E-state index contributed by atoms with van der Waals surface area (Å²) in [5.74, 6) is 1.77. The van der Waals surface area contributed by atoms with Crippen molar-refractivity contribution in [1.29, 1.82) is 0 Å². The van der Waals surface area contributed by atoms with E-state index < -0.39 is 37.3 Å². The molecule has 0 aromatic carbocycles. The summed E-state index contributed by atoms with van der Waals surface area (Å²) in [7, 11) is 0. The second-order valence-corrected chi connectivity index (χ2v) is 16.4. The highest BCUT2D eigenvalue weighted by atomic mass is 16.7. The molecule has 5 N–H and O–H groups in total. The summed E-state index contributed by atoms with van der Waals surface area (Å²) in [6.07, 6.45) is 8.30. The van der Waals surface area contributed by atoms with E-state index in [4.69, 9.17) is 14.2 Å². The summed E-state index contributed by atoms with van der Waals surface area (Å²) in [6, 6.07) is -0.977. The van der Waals surface area contributed by atoms with Gasteiger partial charge in [-0.2, -0.15) is 0 Å². The van der Waals surface area contributed by atoms with Crippen molar-refractivity contribution in [2.75, 3.05) is 13.2 Å². The quantitative estimate of drug-likeness (QED) is 0.164. The number of hydrogen-bond donors (Lipinski definition) is 5. The fourth-order valence-electron chi connectivity index (χ4n) is 10.8. The van der Waals surface area contributed by atoms with Gasteiger partial charge in [-0.3, -0.25) is 9.59 Å². The van der Waals surface area contributed by atoms with Gasteiger partial charge in [-0.1, -0.05) is 52.7 Å². The van der Waals surface area contributed by atoms with E-state index in [0.29, 0.717) is 36.2 Å². The Hall–Kier alpha value is -1.56. The van der Waals surface area contributed by atoms with Crippen LogP contribution in [0.15, 0.2) is 12.2 Å². The Labute approximate surface area is 281 Å². The van der Waals surface area contributed by atoms with E-state index in [-0.39, 0.29) is 46.8 Å². The number of rotatable bonds is 11. The van der Waals surface area contributed by atoms with Crippen LogP contribution >= 0.6 is 0 Å². The number of allylic oxidation sites excluding steroid dienone is 2. The SMILES string of the molecule is CC(=O)N[C@@H]1[C@H](O[C@H]2C[C@H]([C@H](C)CCC[C@@H](C)COC(C)=O)[C@@]3(C)CCC4[C@@H](C=C[C@H]5C[C@@H](O)CC[C@]45C)C23)O[C@@H](CO)[C@H](O)[C@H]1O. The summed E-state index contributed by atoms with van der Waals surface area (Å²) in [4.78, 5) is 23.5. The zero-order valence-electron chi connectivity index (χ0n) is 29.3. The lowest BCUT2D eigenvalue weighted by Gasteiger charge is -2.59. The average Bonchev–Trinajstić information content (AvgIpc) is 3.31. The standard InChI is InChI=1S/C37H61NO9/c1-20(19-45-23(4)41)8-7-9-21(2)28-17-29(46-35-32(38-22(3)40)34(44)33(43)30(18-39)47-35)31-26-11-10-24-16-25(42)12-14-36(24,5)27(26)13-15-37(28,31)6/h10-11,20-21,24-35,39,42-44H,7-9,12-19H2,1-6H3,(H,38,40)/t20-,21-,24+,25+,26-,27?,28-,29+,30+,31?,32+,33+,34+,35-,36+,37-/m1/s1. The second kappa shape index (κ2) is 14.7. The first-order valence-corrected chi connectivity index (χ1v) is 18.2. The summed E-state index contributed by atoms with van der Waals surface area (Å²) in [5, 5.41) is 44.9. The van der Waals surface area contributed by atoms with Gasteiger partial charge in [-0.15, -0.1) is 0 Å². The van der Waals surface area contributed by atoms with Gasteiger partial charge < -0.3 is 40.0 Å². The monoisotopic (exact) mass is 663 g/mol. The molecule has 0 radical (unpaired) electrons. The van der Waals surface area contributed by atoms with Gasteiger partial charge in [0.2, 0.25) is 5.91 Å². The van der Waals surface area contributed by atoms with Crippen LogP contribution in [0, 0.1) is 52.3 Å². The predicted octanol–water partition coefficient (Wildman–Crippen LogP) is 3.73. The number of hydrogen-bond acceptors (Lipinski definition) is 9. The van der Waals surface area contributed by atoms with Crippen molar-refractivity contribution in [2.45, 2.75) is 142 Å². The fourth-order valence-corrected chi connectivity index (χ4v) is 10.8. The van der Waals surface area contributed by atoms with E-state index >= 15 is 0 Å². The molecule has 1 aliphatic heterocycles. The summed E-state index contributed by atoms with van der Waals surface area (Å²) < 4.78 is 18.3. The molecule has 1 heterocycles. The average molecular weight is 664 g/mol. The topological polar surface area (TPSA) is 155 Å². The molecule has 5 rings (SSSR count). The Kier molecular flexibility index (Phi) is 11.5. The minimum absolute atomic E-state index is 0.0109. The Bertz CT molecular complexity index is 1130. The molecular formula is C37H61NO9. The molecule has 2 unspecified atom stereocenters. The number of fused-ring (bicyclic) bond motifs is 5. The molecule has 5 aliphatic rings. The molecule has 3 saturated carbocycles. The van der Waals surface area contributed by atoms with Crippen LogP contribution < -0.4 is 5.32 Å². The third-order valence-electron chi connectivity index (χ3n) is 13.3. The number of carbonyl (C=O) groups excluding carboxylic acids is 2. The van der Waals surface area contributed by atoms with Crippen molar-refractivity contribution >= 4 is 11.9 Å². The molecule has 4 aliphatic carbocycles. The molecule has 10 nitrogen and oxygen atoms in total. The van der Waals surface area contributed by atoms with E-state index in [1.165, 1.54) is 13.8 Å².